The number of nitrogens with two attached hydrogens (primary N) is 1. The first kappa shape index (κ1) is 15.9. The van der Waals surface area contributed by atoms with Gasteiger partial charge in [0, 0.05) is 29.5 Å². The summed E-state index contributed by atoms with van der Waals surface area (Å²) in [5, 5.41) is 0. The monoisotopic (exact) mass is 339 g/mol. The molecule has 0 radical (unpaired) electrons. The lowest BCUT2D eigenvalue weighted by molar-refractivity contribution is 0.0845. The molecule has 2 rings (SSSR count). The summed E-state index contributed by atoms with van der Waals surface area (Å²) in [4.78, 5) is 6.79. The highest BCUT2D eigenvalue weighted by Crippen LogP contribution is 2.36. The number of pyridine rings is 1. The fourth-order valence-corrected chi connectivity index (χ4v) is 3.57. The minimum atomic E-state index is 0.293. The van der Waals surface area contributed by atoms with E-state index in [1.807, 2.05) is 12.4 Å². The molecule has 1 aliphatic rings. The van der Waals surface area contributed by atoms with Crippen molar-refractivity contribution in [3.63, 3.8) is 0 Å². The Kier molecular flexibility index (Phi) is 5.21. The van der Waals surface area contributed by atoms with Crippen molar-refractivity contribution in [2.75, 3.05) is 19.6 Å². The lowest BCUT2D eigenvalue weighted by Crippen LogP contribution is -2.42. The number of hydrogen-bond donors (Lipinski definition) is 1. The average Bonchev–Trinajstić information content (AvgIpc) is 2.39. The molecule has 0 aromatic carbocycles. The standard InChI is InChI=1S/C16H26BrN3/c1-16(2,3)13-4-6-20(7-5-13)15(9-18)12-8-14(17)11-19-10-12/h8,10-11,13,15H,4-7,9,18H2,1-3H3. The van der Waals surface area contributed by atoms with Crippen LogP contribution in [0.5, 0.6) is 0 Å². The van der Waals surface area contributed by atoms with Crippen LogP contribution in [0.2, 0.25) is 0 Å². The van der Waals surface area contributed by atoms with Crippen molar-refractivity contribution in [3.05, 3.63) is 28.5 Å². The van der Waals surface area contributed by atoms with Crippen molar-refractivity contribution in [1.29, 1.82) is 0 Å². The molecule has 0 saturated carbocycles. The molecule has 3 nitrogen and oxygen atoms in total. The average molecular weight is 340 g/mol. The zero-order valence-electron chi connectivity index (χ0n) is 12.8. The molecule has 1 aliphatic heterocycles. The fourth-order valence-electron chi connectivity index (χ4n) is 3.18. The minimum Gasteiger partial charge on any atom is -0.329 e. The molecule has 2 heterocycles. The predicted octanol–water partition coefficient (Wildman–Crippen LogP) is 3.60. The van der Waals surface area contributed by atoms with Crippen LogP contribution in [0.1, 0.15) is 45.2 Å². The van der Waals surface area contributed by atoms with Gasteiger partial charge < -0.3 is 5.73 Å². The van der Waals surface area contributed by atoms with Crippen LogP contribution in [0.3, 0.4) is 0 Å². The molecule has 1 atom stereocenters. The summed E-state index contributed by atoms with van der Waals surface area (Å²) in [6.45, 7) is 9.98. The van der Waals surface area contributed by atoms with E-state index >= 15 is 0 Å². The number of nitrogens with zero attached hydrogens (tertiary/aromatic N) is 2. The first-order valence-electron chi connectivity index (χ1n) is 7.46. The van der Waals surface area contributed by atoms with Crippen molar-refractivity contribution in [3.8, 4) is 0 Å². The van der Waals surface area contributed by atoms with Gasteiger partial charge in [-0.05, 0) is 64.8 Å². The third kappa shape index (κ3) is 3.80. The van der Waals surface area contributed by atoms with Gasteiger partial charge in [-0.2, -0.15) is 0 Å². The van der Waals surface area contributed by atoms with Gasteiger partial charge in [0.05, 0.1) is 0 Å². The molecule has 1 unspecified atom stereocenters. The summed E-state index contributed by atoms with van der Waals surface area (Å²) in [6, 6.07) is 2.43. The van der Waals surface area contributed by atoms with E-state index < -0.39 is 0 Å². The molecule has 112 valence electrons. The van der Waals surface area contributed by atoms with E-state index in [1.54, 1.807) is 0 Å². The quantitative estimate of drug-likeness (QED) is 0.914. The van der Waals surface area contributed by atoms with Crippen molar-refractivity contribution < 1.29 is 0 Å². The summed E-state index contributed by atoms with van der Waals surface area (Å²) in [5.41, 5.74) is 7.66. The molecule has 4 heteroatoms. The highest BCUT2D eigenvalue weighted by molar-refractivity contribution is 9.10. The van der Waals surface area contributed by atoms with E-state index in [1.165, 1.54) is 18.4 Å². The van der Waals surface area contributed by atoms with Crippen molar-refractivity contribution >= 4 is 15.9 Å². The van der Waals surface area contributed by atoms with Crippen LogP contribution < -0.4 is 5.73 Å². The maximum Gasteiger partial charge on any atom is 0.0486 e. The second-order valence-electron chi connectivity index (χ2n) is 6.86. The summed E-state index contributed by atoms with van der Waals surface area (Å²) in [5.74, 6) is 0.817. The number of likely N-dealkylation sites (tertiary alicyclic amines) is 1. The highest BCUT2D eigenvalue weighted by Gasteiger charge is 2.31. The van der Waals surface area contributed by atoms with Gasteiger partial charge in [0.2, 0.25) is 0 Å². The first-order valence-corrected chi connectivity index (χ1v) is 8.25. The predicted molar refractivity (Wildman–Crippen MR) is 87.5 cm³/mol. The van der Waals surface area contributed by atoms with E-state index in [9.17, 15) is 0 Å². The molecular weight excluding hydrogens is 314 g/mol. The molecule has 0 aliphatic carbocycles. The van der Waals surface area contributed by atoms with Crippen LogP contribution in [0, 0.1) is 11.3 Å². The largest absolute Gasteiger partial charge is 0.329 e. The van der Waals surface area contributed by atoms with Crippen LogP contribution in [0.4, 0.5) is 0 Å². The first-order chi connectivity index (χ1) is 9.41. The van der Waals surface area contributed by atoms with Crippen LogP contribution >= 0.6 is 15.9 Å². The van der Waals surface area contributed by atoms with Crippen LogP contribution in [0.15, 0.2) is 22.9 Å². The molecule has 1 saturated heterocycles. The van der Waals surface area contributed by atoms with Gasteiger partial charge in [0.25, 0.3) is 0 Å². The number of halogens is 1. The van der Waals surface area contributed by atoms with E-state index in [4.69, 9.17) is 5.73 Å². The molecule has 0 bridgehead atoms. The fraction of sp³-hybridized carbons (Fsp3) is 0.688. The topological polar surface area (TPSA) is 42.1 Å². The summed E-state index contributed by atoms with van der Waals surface area (Å²) in [6.07, 6.45) is 6.30. The molecule has 20 heavy (non-hydrogen) atoms. The molecule has 1 aromatic rings. The van der Waals surface area contributed by atoms with Crippen molar-refractivity contribution in [2.24, 2.45) is 17.1 Å². The maximum absolute atomic E-state index is 6.02. The summed E-state index contributed by atoms with van der Waals surface area (Å²) < 4.78 is 1.03. The third-order valence-corrected chi connectivity index (χ3v) is 4.96. The Hall–Kier alpha value is -0.450. The molecule has 2 N–H and O–H groups in total. The summed E-state index contributed by atoms with van der Waals surface area (Å²) >= 11 is 3.50. The number of aromatic nitrogens is 1. The SMILES string of the molecule is CC(C)(C)C1CCN(C(CN)c2cncc(Br)c2)CC1. The van der Waals surface area contributed by atoms with E-state index in [-0.39, 0.29) is 0 Å². The van der Waals surface area contributed by atoms with Gasteiger partial charge in [-0.15, -0.1) is 0 Å². The second kappa shape index (κ2) is 6.54. The van der Waals surface area contributed by atoms with E-state index in [2.05, 4.69) is 52.7 Å². The van der Waals surface area contributed by atoms with Gasteiger partial charge in [-0.3, -0.25) is 9.88 Å². The van der Waals surface area contributed by atoms with Crippen molar-refractivity contribution in [1.82, 2.24) is 9.88 Å². The van der Waals surface area contributed by atoms with Gasteiger partial charge >= 0.3 is 0 Å². The van der Waals surface area contributed by atoms with Crippen LogP contribution in [0.25, 0.3) is 0 Å². The molecule has 1 aromatic heterocycles. The van der Waals surface area contributed by atoms with E-state index in [0.717, 1.165) is 23.5 Å². The lowest BCUT2D eigenvalue weighted by Gasteiger charge is -2.41. The number of piperidine rings is 1. The third-order valence-electron chi connectivity index (χ3n) is 4.53. The molecular formula is C16H26BrN3. The molecule has 1 fully saturated rings. The Morgan fingerprint density at radius 3 is 2.50 bits per heavy atom. The Bertz CT molecular complexity index is 434. The smallest absolute Gasteiger partial charge is 0.0486 e. The maximum atomic E-state index is 6.02. The van der Waals surface area contributed by atoms with E-state index in [0.29, 0.717) is 18.0 Å². The zero-order valence-corrected chi connectivity index (χ0v) is 14.4. The van der Waals surface area contributed by atoms with Crippen LogP contribution in [-0.2, 0) is 0 Å². The lowest BCUT2D eigenvalue weighted by atomic mass is 9.75. The van der Waals surface area contributed by atoms with Gasteiger partial charge in [-0.1, -0.05) is 20.8 Å². The number of hydrogen-bond acceptors (Lipinski definition) is 3. The van der Waals surface area contributed by atoms with Crippen LogP contribution in [-0.4, -0.2) is 29.5 Å². The molecule has 0 amide bonds. The van der Waals surface area contributed by atoms with Gasteiger partial charge in [0.1, 0.15) is 0 Å². The van der Waals surface area contributed by atoms with Gasteiger partial charge in [0.15, 0.2) is 0 Å². The summed E-state index contributed by atoms with van der Waals surface area (Å²) in [7, 11) is 0. The highest BCUT2D eigenvalue weighted by atomic mass is 79.9. The minimum absolute atomic E-state index is 0.293. The zero-order chi connectivity index (χ0) is 14.8. The van der Waals surface area contributed by atoms with Gasteiger partial charge in [-0.25, -0.2) is 0 Å². The Labute approximate surface area is 131 Å². The Balaban J connectivity index is 2.04. The molecule has 0 spiro atoms. The van der Waals surface area contributed by atoms with Crippen molar-refractivity contribution in [2.45, 2.75) is 39.7 Å². The number of rotatable bonds is 3. The normalized spacial score (nSPS) is 20.1. The second-order valence-corrected chi connectivity index (χ2v) is 7.78. The Morgan fingerprint density at radius 2 is 2.00 bits per heavy atom. The Morgan fingerprint density at radius 1 is 1.35 bits per heavy atom.